The molecule has 1 aliphatic rings. The van der Waals surface area contributed by atoms with Crippen molar-refractivity contribution in [3.63, 3.8) is 0 Å². The summed E-state index contributed by atoms with van der Waals surface area (Å²) in [7, 11) is 1.75. The Morgan fingerprint density at radius 1 is 1.39 bits per heavy atom. The minimum absolute atomic E-state index is 0.151. The number of amides is 1. The number of para-hydroxylation sites is 1. The van der Waals surface area contributed by atoms with Gasteiger partial charge in [-0.1, -0.05) is 18.2 Å². The van der Waals surface area contributed by atoms with E-state index in [2.05, 4.69) is 5.32 Å². The highest BCUT2D eigenvalue weighted by Gasteiger charge is 2.49. The largest absolute Gasteiger partial charge is 0.480 e. The van der Waals surface area contributed by atoms with Crippen LogP contribution in [0.4, 0.5) is 13.2 Å². The summed E-state index contributed by atoms with van der Waals surface area (Å²) >= 11 is 0. The van der Waals surface area contributed by atoms with Gasteiger partial charge >= 0.3 is 6.18 Å². The summed E-state index contributed by atoms with van der Waals surface area (Å²) in [5.41, 5.74) is 0.799. The van der Waals surface area contributed by atoms with Crippen LogP contribution in [0.25, 0.3) is 0 Å². The number of hydrogen-bond acceptors (Lipinski definition) is 3. The van der Waals surface area contributed by atoms with Crippen molar-refractivity contribution in [1.82, 2.24) is 10.2 Å². The Hall–Kier alpha value is -1.76. The molecule has 1 N–H and O–H groups in total. The molecule has 2 atom stereocenters. The van der Waals surface area contributed by atoms with Gasteiger partial charge in [-0.2, -0.15) is 13.2 Å². The van der Waals surface area contributed by atoms with Crippen LogP contribution in [-0.4, -0.2) is 49.8 Å². The van der Waals surface area contributed by atoms with Gasteiger partial charge < -0.3 is 15.0 Å². The van der Waals surface area contributed by atoms with Crippen LogP contribution in [0.3, 0.4) is 0 Å². The summed E-state index contributed by atoms with van der Waals surface area (Å²) in [5.74, 6) is -0.513. The van der Waals surface area contributed by atoms with Gasteiger partial charge in [-0.3, -0.25) is 4.79 Å². The monoisotopic (exact) mass is 330 g/mol. The molecule has 0 bridgehead atoms. The van der Waals surface area contributed by atoms with E-state index in [9.17, 15) is 18.0 Å². The molecule has 1 aromatic carbocycles. The van der Waals surface area contributed by atoms with E-state index in [1.54, 1.807) is 36.2 Å². The van der Waals surface area contributed by atoms with Gasteiger partial charge in [0.15, 0.2) is 6.10 Å². The molecular weight excluding hydrogens is 309 g/mol. The minimum atomic E-state index is -4.41. The lowest BCUT2D eigenvalue weighted by Crippen LogP contribution is -2.49. The molecule has 0 aromatic heterocycles. The van der Waals surface area contributed by atoms with Crippen LogP contribution in [-0.2, 0) is 11.2 Å². The van der Waals surface area contributed by atoms with Gasteiger partial charge in [-0.05, 0) is 25.1 Å². The summed E-state index contributed by atoms with van der Waals surface area (Å²) in [4.78, 5) is 12.6. The van der Waals surface area contributed by atoms with Crippen molar-refractivity contribution in [1.29, 1.82) is 0 Å². The maximum atomic E-state index is 13.3. The lowest BCUT2D eigenvalue weighted by Gasteiger charge is -2.36. The van der Waals surface area contributed by atoms with Crippen LogP contribution < -0.4 is 10.1 Å². The topological polar surface area (TPSA) is 41.6 Å². The first-order valence-electron chi connectivity index (χ1n) is 7.51. The summed E-state index contributed by atoms with van der Waals surface area (Å²) < 4.78 is 45.1. The fourth-order valence-corrected chi connectivity index (χ4v) is 2.82. The van der Waals surface area contributed by atoms with Crippen molar-refractivity contribution >= 4 is 5.91 Å². The van der Waals surface area contributed by atoms with Crippen molar-refractivity contribution < 1.29 is 22.7 Å². The molecule has 0 aliphatic carbocycles. The summed E-state index contributed by atoms with van der Waals surface area (Å²) in [6.07, 6.45) is -5.89. The zero-order valence-electron chi connectivity index (χ0n) is 13.2. The first-order chi connectivity index (χ1) is 10.8. The van der Waals surface area contributed by atoms with E-state index >= 15 is 0 Å². The highest BCUT2D eigenvalue weighted by molar-refractivity contribution is 5.72. The average Bonchev–Trinajstić information content (AvgIpc) is 2.45. The first-order valence-corrected chi connectivity index (χ1v) is 7.51. The standard InChI is InChI=1S/C16H21F3N2O2/c1-11(22)20-7-8-21(2)10-13-9-12-5-3-4-6-14(12)23-15(13)16(17,18)19/h3-6,13,15H,7-10H2,1-2H3,(H,20,22)/t13-,15+/m0/s1. The lowest BCUT2D eigenvalue weighted by molar-refractivity contribution is -0.214. The molecule has 0 fully saturated rings. The molecule has 0 saturated heterocycles. The number of nitrogens with zero attached hydrogens (tertiary/aromatic N) is 1. The highest BCUT2D eigenvalue weighted by Crippen LogP contribution is 2.38. The van der Waals surface area contributed by atoms with Crippen molar-refractivity contribution in [3.8, 4) is 5.75 Å². The molecule has 0 radical (unpaired) electrons. The number of alkyl halides is 3. The maximum absolute atomic E-state index is 13.3. The number of halogens is 3. The van der Waals surface area contributed by atoms with Crippen LogP contribution in [0.2, 0.25) is 0 Å². The van der Waals surface area contributed by atoms with Crippen LogP contribution in [0.15, 0.2) is 24.3 Å². The molecule has 2 rings (SSSR count). The molecule has 4 nitrogen and oxygen atoms in total. The van der Waals surface area contributed by atoms with Gasteiger partial charge in [0.05, 0.1) is 0 Å². The van der Waals surface area contributed by atoms with E-state index in [4.69, 9.17) is 4.74 Å². The van der Waals surface area contributed by atoms with Crippen LogP contribution >= 0.6 is 0 Å². The Labute approximate surface area is 133 Å². The average molecular weight is 330 g/mol. The Morgan fingerprint density at radius 2 is 2.09 bits per heavy atom. The molecule has 1 aromatic rings. The molecule has 0 spiro atoms. The fourth-order valence-electron chi connectivity index (χ4n) is 2.82. The molecular formula is C16H21F3N2O2. The molecule has 23 heavy (non-hydrogen) atoms. The number of likely N-dealkylation sites (N-methyl/N-ethyl adjacent to an activating group) is 1. The third-order valence-corrected chi connectivity index (χ3v) is 3.87. The number of nitrogens with one attached hydrogen (secondary N) is 1. The number of rotatable bonds is 5. The van der Waals surface area contributed by atoms with Gasteiger partial charge in [0.25, 0.3) is 0 Å². The van der Waals surface area contributed by atoms with Gasteiger partial charge in [0.1, 0.15) is 5.75 Å². The first kappa shape index (κ1) is 17.6. The number of benzene rings is 1. The Balaban J connectivity index is 2.04. The number of hydrogen-bond donors (Lipinski definition) is 1. The van der Waals surface area contributed by atoms with E-state index in [-0.39, 0.29) is 12.5 Å². The third-order valence-electron chi connectivity index (χ3n) is 3.87. The third kappa shape index (κ3) is 4.86. The molecule has 1 heterocycles. The summed E-state index contributed by atoms with van der Waals surface area (Å²) in [5, 5.41) is 2.64. The van der Waals surface area contributed by atoms with E-state index in [1.165, 1.54) is 6.92 Å². The fraction of sp³-hybridized carbons (Fsp3) is 0.562. The van der Waals surface area contributed by atoms with E-state index in [0.717, 1.165) is 5.56 Å². The quantitative estimate of drug-likeness (QED) is 0.900. The second kappa shape index (κ2) is 7.21. The number of fused-ring (bicyclic) bond motifs is 1. The van der Waals surface area contributed by atoms with Crippen LogP contribution in [0.5, 0.6) is 5.75 Å². The van der Waals surface area contributed by atoms with Crippen LogP contribution in [0, 0.1) is 5.92 Å². The molecule has 0 unspecified atom stereocenters. The Bertz CT molecular complexity index is 548. The molecule has 128 valence electrons. The molecule has 7 heteroatoms. The second-order valence-electron chi connectivity index (χ2n) is 5.90. The van der Waals surface area contributed by atoms with E-state index in [1.807, 2.05) is 0 Å². The highest BCUT2D eigenvalue weighted by atomic mass is 19.4. The van der Waals surface area contributed by atoms with Crippen molar-refractivity contribution in [2.24, 2.45) is 5.92 Å². The SMILES string of the molecule is CC(=O)NCCN(C)C[C@@H]1Cc2ccccc2O[C@H]1C(F)(F)F. The normalized spacial score (nSPS) is 20.8. The zero-order valence-corrected chi connectivity index (χ0v) is 13.2. The van der Waals surface area contributed by atoms with Gasteiger partial charge in [0.2, 0.25) is 5.91 Å². The molecule has 1 amide bonds. The number of carbonyl (C=O) groups excluding carboxylic acids is 1. The Kier molecular flexibility index (Phi) is 5.51. The van der Waals surface area contributed by atoms with E-state index < -0.39 is 18.2 Å². The predicted octanol–water partition coefficient (Wildman–Crippen LogP) is 2.24. The van der Waals surface area contributed by atoms with Crippen molar-refractivity contribution in [2.75, 3.05) is 26.7 Å². The predicted molar refractivity (Wildman–Crippen MR) is 80.3 cm³/mol. The minimum Gasteiger partial charge on any atom is -0.480 e. The van der Waals surface area contributed by atoms with Gasteiger partial charge in [-0.25, -0.2) is 0 Å². The van der Waals surface area contributed by atoms with Gasteiger partial charge in [0, 0.05) is 32.5 Å². The van der Waals surface area contributed by atoms with Crippen molar-refractivity contribution in [2.45, 2.75) is 25.6 Å². The number of ether oxygens (including phenoxy) is 1. The molecule has 1 aliphatic heterocycles. The zero-order chi connectivity index (χ0) is 17.0. The number of carbonyl (C=O) groups is 1. The summed E-state index contributed by atoms with van der Waals surface area (Å²) in [6, 6.07) is 6.84. The van der Waals surface area contributed by atoms with Crippen molar-refractivity contribution in [3.05, 3.63) is 29.8 Å². The van der Waals surface area contributed by atoms with Gasteiger partial charge in [-0.15, -0.1) is 0 Å². The van der Waals surface area contributed by atoms with E-state index in [0.29, 0.717) is 25.3 Å². The van der Waals surface area contributed by atoms with Crippen LogP contribution in [0.1, 0.15) is 12.5 Å². The Morgan fingerprint density at radius 3 is 2.74 bits per heavy atom. The maximum Gasteiger partial charge on any atom is 0.425 e. The summed E-state index contributed by atoms with van der Waals surface area (Å²) in [6.45, 7) is 2.55. The smallest absolute Gasteiger partial charge is 0.425 e. The second-order valence-corrected chi connectivity index (χ2v) is 5.90. The lowest BCUT2D eigenvalue weighted by atomic mass is 9.89. The molecule has 0 saturated carbocycles.